The number of nitrogen functional groups attached to an aromatic ring is 1. The largest absolute Gasteiger partial charge is 0.490 e. The Kier molecular flexibility index (Phi) is 7.00. The number of hydrogen-bond donors (Lipinski definition) is 7. The Balaban J connectivity index is 1.75. The van der Waals surface area contributed by atoms with E-state index in [2.05, 4.69) is 34.0 Å². The fraction of sp³-hybridized carbons (Fsp3) is 0.417. The molecule has 21 heteroatoms. The Hall–Kier alpha value is -1.96. The van der Waals surface area contributed by atoms with E-state index in [1.165, 1.54) is 4.57 Å². The standard InChI is InChI=1S/C12H16N5O13P3/c1-2-7-14-9-10(15-12(13)16-11(9)19)17(7)8-3-5(18)6(28-8)4-27-32(23,24)30-33(25,26)29-31(20,21)22/h1,5-6,8,18H,3-4H2,(H,23,24)(H,25,26)(H2,20,21,22)(H3,13,15,16,19)/t5-,6+,8+/m1/s1. The van der Waals surface area contributed by atoms with Crippen LogP contribution in [-0.4, -0.2) is 63.0 Å². The maximum absolute atomic E-state index is 12.0. The Morgan fingerprint density at radius 1 is 1.21 bits per heavy atom. The summed E-state index contributed by atoms with van der Waals surface area (Å²) in [6.07, 6.45) is 1.47. The number of ether oxygens (including phenoxy) is 1. The first-order valence-corrected chi connectivity index (χ1v) is 13.0. The molecule has 0 amide bonds. The molecule has 18 nitrogen and oxygen atoms in total. The van der Waals surface area contributed by atoms with Crippen LogP contribution >= 0.6 is 23.5 Å². The highest BCUT2D eigenvalue weighted by molar-refractivity contribution is 7.66. The van der Waals surface area contributed by atoms with Gasteiger partial charge in [0, 0.05) is 6.42 Å². The van der Waals surface area contributed by atoms with Gasteiger partial charge in [-0.1, -0.05) is 0 Å². The first-order valence-electron chi connectivity index (χ1n) is 8.47. The molecule has 0 saturated carbocycles. The van der Waals surface area contributed by atoms with Crippen LogP contribution in [0.5, 0.6) is 0 Å². The van der Waals surface area contributed by atoms with E-state index in [-0.39, 0.29) is 29.4 Å². The molecule has 3 heterocycles. The van der Waals surface area contributed by atoms with E-state index in [1.807, 2.05) is 0 Å². The van der Waals surface area contributed by atoms with Crippen LogP contribution in [0.2, 0.25) is 0 Å². The van der Waals surface area contributed by atoms with Crippen LogP contribution in [0.1, 0.15) is 18.5 Å². The van der Waals surface area contributed by atoms with Crippen molar-refractivity contribution < 1.29 is 56.3 Å². The van der Waals surface area contributed by atoms with E-state index in [0.29, 0.717) is 0 Å². The molecule has 0 spiro atoms. The molecule has 0 radical (unpaired) electrons. The van der Waals surface area contributed by atoms with Gasteiger partial charge in [-0.25, -0.2) is 18.7 Å². The van der Waals surface area contributed by atoms with Crippen LogP contribution in [-0.2, 0) is 31.6 Å². The van der Waals surface area contributed by atoms with Gasteiger partial charge in [0.25, 0.3) is 5.56 Å². The monoisotopic (exact) mass is 531 g/mol. The van der Waals surface area contributed by atoms with Crippen molar-refractivity contribution in [2.45, 2.75) is 24.9 Å². The summed E-state index contributed by atoms with van der Waals surface area (Å²) in [5.74, 6) is 1.88. The van der Waals surface area contributed by atoms with E-state index in [1.54, 1.807) is 0 Å². The summed E-state index contributed by atoms with van der Waals surface area (Å²) in [4.78, 5) is 57.9. The first kappa shape index (κ1) is 25.7. The number of aliphatic hydroxyl groups is 1. The number of phosphoric ester groups is 1. The molecule has 2 aromatic heterocycles. The summed E-state index contributed by atoms with van der Waals surface area (Å²) in [6, 6.07) is 0. The Bertz CT molecular complexity index is 1310. The minimum atomic E-state index is -5.70. The molecule has 8 N–H and O–H groups in total. The molecule has 2 unspecified atom stereocenters. The van der Waals surface area contributed by atoms with Crippen LogP contribution in [0.25, 0.3) is 11.2 Å². The van der Waals surface area contributed by atoms with Gasteiger partial charge in [0.15, 0.2) is 17.0 Å². The molecule has 3 rings (SSSR count). The average Bonchev–Trinajstić information content (AvgIpc) is 3.16. The minimum absolute atomic E-state index is 0.0602. The van der Waals surface area contributed by atoms with Crippen molar-refractivity contribution in [3.05, 3.63) is 16.2 Å². The summed E-state index contributed by atoms with van der Waals surface area (Å²) in [5, 5.41) is 10.2. The Morgan fingerprint density at radius 2 is 1.88 bits per heavy atom. The van der Waals surface area contributed by atoms with Crippen LogP contribution in [0.4, 0.5) is 5.95 Å². The van der Waals surface area contributed by atoms with Crippen LogP contribution in [0.3, 0.4) is 0 Å². The highest BCUT2D eigenvalue weighted by Gasteiger charge is 2.43. The van der Waals surface area contributed by atoms with Crippen LogP contribution in [0, 0.1) is 12.3 Å². The molecule has 1 fully saturated rings. The molecule has 0 aliphatic carbocycles. The van der Waals surface area contributed by atoms with Crippen molar-refractivity contribution in [2.75, 3.05) is 12.3 Å². The van der Waals surface area contributed by atoms with E-state index in [4.69, 9.17) is 31.6 Å². The van der Waals surface area contributed by atoms with Gasteiger partial charge in [-0.3, -0.25) is 18.9 Å². The lowest BCUT2D eigenvalue weighted by Gasteiger charge is -2.19. The molecule has 2 aromatic rings. The second kappa shape index (κ2) is 9.01. The second-order valence-corrected chi connectivity index (χ2v) is 10.8. The average molecular weight is 531 g/mol. The lowest BCUT2D eigenvalue weighted by Crippen LogP contribution is -2.26. The van der Waals surface area contributed by atoms with Gasteiger partial charge < -0.3 is 35.2 Å². The number of rotatable bonds is 8. The number of aromatic nitrogens is 4. The van der Waals surface area contributed by atoms with Crippen molar-refractivity contribution in [3.8, 4) is 12.3 Å². The highest BCUT2D eigenvalue weighted by Crippen LogP contribution is 2.66. The summed E-state index contributed by atoms with van der Waals surface area (Å²) in [7, 11) is -16.7. The van der Waals surface area contributed by atoms with Crippen LogP contribution in [0.15, 0.2) is 4.79 Å². The van der Waals surface area contributed by atoms with Gasteiger partial charge in [-0.15, -0.1) is 6.42 Å². The maximum atomic E-state index is 12.0. The van der Waals surface area contributed by atoms with Crippen molar-refractivity contribution in [2.24, 2.45) is 0 Å². The van der Waals surface area contributed by atoms with Crippen molar-refractivity contribution in [1.29, 1.82) is 0 Å². The maximum Gasteiger partial charge on any atom is 0.490 e. The number of nitrogens with two attached hydrogens (primary N) is 1. The number of fused-ring (bicyclic) bond motifs is 1. The van der Waals surface area contributed by atoms with E-state index in [9.17, 15) is 28.5 Å². The number of anilines is 1. The van der Waals surface area contributed by atoms with Gasteiger partial charge in [0.2, 0.25) is 5.95 Å². The number of hydrogen-bond acceptors (Lipinski definition) is 12. The zero-order valence-corrected chi connectivity index (χ0v) is 18.7. The molecular formula is C12H16N5O13P3. The third kappa shape index (κ3) is 6.14. The zero-order valence-electron chi connectivity index (χ0n) is 16.0. The van der Waals surface area contributed by atoms with E-state index in [0.717, 1.165) is 0 Å². The molecule has 1 aliphatic heterocycles. The van der Waals surface area contributed by atoms with Gasteiger partial charge >= 0.3 is 23.5 Å². The fourth-order valence-electron chi connectivity index (χ4n) is 2.87. The molecule has 33 heavy (non-hydrogen) atoms. The zero-order chi connectivity index (χ0) is 24.8. The van der Waals surface area contributed by atoms with Gasteiger partial charge in [0.05, 0.1) is 12.7 Å². The summed E-state index contributed by atoms with van der Waals surface area (Å²) >= 11 is 0. The summed E-state index contributed by atoms with van der Waals surface area (Å²) in [6.45, 7) is -0.893. The SMILES string of the molecule is C#Cc1nc2c(=O)[nH]c(N)nc2n1[C@@H]1C[C@@H](O)[C@H](COP(=O)(O)OP(=O)(O)OP(=O)(O)O)O1. The quantitative estimate of drug-likeness (QED) is 0.153. The minimum Gasteiger partial charge on any atom is -0.390 e. The lowest BCUT2D eigenvalue weighted by molar-refractivity contribution is -0.0425. The number of aromatic amines is 1. The molecule has 5 atom stereocenters. The molecule has 0 bridgehead atoms. The molecule has 182 valence electrons. The fourth-order valence-corrected chi connectivity index (χ4v) is 5.90. The predicted octanol–water partition coefficient (Wildman–Crippen LogP) is -1.33. The molecule has 0 aromatic carbocycles. The third-order valence-electron chi connectivity index (χ3n) is 4.01. The van der Waals surface area contributed by atoms with Gasteiger partial charge in [0.1, 0.15) is 12.3 Å². The number of H-pyrrole nitrogens is 1. The third-order valence-corrected chi connectivity index (χ3v) is 7.81. The summed E-state index contributed by atoms with van der Waals surface area (Å²) < 4.78 is 52.2. The second-order valence-electron chi connectivity index (χ2n) is 6.39. The van der Waals surface area contributed by atoms with E-state index >= 15 is 0 Å². The van der Waals surface area contributed by atoms with Crippen molar-refractivity contribution in [1.82, 2.24) is 19.5 Å². The number of nitrogens with one attached hydrogen (secondary N) is 1. The lowest BCUT2D eigenvalue weighted by atomic mass is 10.2. The van der Waals surface area contributed by atoms with Crippen LogP contribution < -0.4 is 11.3 Å². The van der Waals surface area contributed by atoms with Crippen molar-refractivity contribution >= 4 is 40.6 Å². The number of phosphoric acid groups is 3. The normalized spacial score (nSPS) is 24.9. The molecular weight excluding hydrogens is 515 g/mol. The van der Waals surface area contributed by atoms with Gasteiger partial charge in [-0.05, 0) is 5.92 Å². The smallest absolute Gasteiger partial charge is 0.390 e. The number of nitrogens with zero attached hydrogens (tertiary/aromatic N) is 3. The number of aliphatic hydroxyl groups excluding tert-OH is 1. The Morgan fingerprint density at radius 3 is 2.48 bits per heavy atom. The first-order chi connectivity index (χ1) is 15.1. The number of terminal acetylenes is 1. The summed E-state index contributed by atoms with van der Waals surface area (Å²) in [5.41, 5.74) is 4.63. The highest BCUT2D eigenvalue weighted by atomic mass is 31.3. The molecule has 1 saturated heterocycles. The molecule has 1 aliphatic rings. The number of imidazole rings is 1. The van der Waals surface area contributed by atoms with Gasteiger partial charge in [-0.2, -0.15) is 13.6 Å². The van der Waals surface area contributed by atoms with E-state index < -0.39 is 54.1 Å². The topological polar surface area (TPSA) is 279 Å². The Labute approximate surface area is 182 Å². The van der Waals surface area contributed by atoms with Crippen molar-refractivity contribution in [3.63, 3.8) is 0 Å². The predicted molar refractivity (Wildman–Crippen MR) is 105 cm³/mol.